The van der Waals surface area contributed by atoms with E-state index in [-0.39, 0.29) is 5.82 Å². The average molecular weight is 323 g/mol. The van der Waals surface area contributed by atoms with Crippen LogP contribution in [0.1, 0.15) is 11.1 Å². The van der Waals surface area contributed by atoms with Crippen LogP contribution in [0, 0.1) is 5.82 Å². The Labute approximate surface area is 119 Å². The Morgan fingerprint density at radius 2 is 2.16 bits per heavy atom. The molecule has 0 fully saturated rings. The maximum absolute atomic E-state index is 13.0. The summed E-state index contributed by atoms with van der Waals surface area (Å²) < 4.78 is 25.1. The van der Waals surface area contributed by atoms with Gasteiger partial charge in [-0.1, -0.05) is 6.07 Å². The molecule has 0 amide bonds. The van der Waals surface area contributed by atoms with Crippen LogP contribution in [0.5, 0.6) is 11.5 Å². The SMILES string of the molecule is Fc1cccc(OCc2cc(Br)c3c(c2)CCO3)c1. The standard InChI is InChI=1S/C15H12BrFO2/c16-14-7-10(6-11-4-5-18-15(11)14)9-19-13-3-1-2-12(17)8-13/h1-3,6-8H,4-5,9H2. The highest BCUT2D eigenvalue weighted by Crippen LogP contribution is 2.35. The number of halogens is 2. The van der Waals surface area contributed by atoms with Crippen molar-refractivity contribution in [3.8, 4) is 11.5 Å². The lowest BCUT2D eigenvalue weighted by atomic mass is 10.1. The number of ether oxygens (including phenoxy) is 2. The van der Waals surface area contributed by atoms with E-state index in [0.717, 1.165) is 28.8 Å². The Hall–Kier alpha value is -1.55. The van der Waals surface area contributed by atoms with Crippen LogP contribution in [0.4, 0.5) is 4.39 Å². The van der Waals surface area contributed by atoms with Crippen LogP contribution in [0.25, 0.3) is 0 Å². The molecule has 3 rings (SSSR count). The number of hydrogen-bond acceptors (Lipinski definition) is 2. The van der Waals surface area contributed by atoms with Gasteiger partial charge in [-0.3, -0.25) is 0 Å². The summed E-state index contributed by atoms with van der Waals surface area (Å²) in [6, 6.07) is 10.2. The Morgan fingerprint density at radius 3 is 3.00 bits per heavy atom. The molecule has 0 saturated carbocycles. The fraction of sp³-hybridized carbons (Fsp3) is 0.200. The van der Waals surface area contributed by atoms with Gasteiger partial charge in [-0.15, -0.1) is 0 Å². The maximum Gasteiger partial charge on any atom is 0.136 e. The van der Waals surface area contributed by atoms with Crippen LogP contribution < -0.4 is 9.47 Å². The van der Waals surface area contributed by atoms with E-state index in [4.69, 9.17) is 9.47 Å². The highest BCUT2D eigenvalue weighted by atomic mass is 79.9. The summed E-state index contributed by atoms with van der Waals surface area (Å²) in [7, 11) is 0. The van der Waals surface area contributed by atoms with Crippen molar-refractivity contribution in [3.63, 3.8) is 0 Å². The molecule has 2 aromatic rings. The first kappa shape index (κ1) is 12.5. The van der Waals surface area contributed by atoms with Gasteiger partial charge < -0.3 is 9.47 Å². The molecule has 0 radical (unpaired) electrons. The largest absolute Gasteiger partial charge is 0.492 e. The van der Waals surface area contributed by atoms with Gasteiger partial charge in [-0.25, -0.2) is 4.39 Å². The van der Waals surface area contributed by atoms with Crippen LogP contribution in [0.15, 0.2) is 40.9 Å². The second-order valence-electron chi connectivity index (χ2n) is 4.41. The first-order chi connectivity index (χ1) is 9.22. The summed E-state index contributed by atoms with van der Waals surface area (Å²) in [6.45, 7) is 1.14. The van der Waals surface area contributed by atoms with E-state index >= 15 is 0 Å². The van der Waals surface area contributed by atoms with Crippen LogP contribution in [0.3, 0.4) is 0 Å². The van der Waals surface area contributed by atoms with Gasteiger partial charge in [0.25, 0.3) is 0 Å². The van der Waals surface area contributed by atoms with Gasteiger partial charge in [-0.2, -0.15) is 0 Å². The fourth-order valence-electron chi connectivity index (χ4n) is 2.13. The average Bonchev–Trinajstić information content (AvgIpc) is 2.85. The minimum absolute atomic E-state index is 0.291. The van der Waals surface area contributed by atoms with Crippen molar-refractivity contribution >= 4 is 15.9 Å². The summed E-state index contributed by atoms with van der Waals surface area (Å²) in [5, 5.41) is 0. The zero-order valence-electron chi connectivity index (χ0n) is 10.2. The first-order valence-corrected chi connectivity index (χ1v) is 6.84. The van der Waals surface area contributed by atoms with E-state index < -0.39 is 0 Å². The molecule has 0 aliphatic carbocycles. The molecule has 1 heterocycles. The molecule has 98 valence electrons. The molecule has 19 heavy (non-hydrogen) atoms. The molecule has 2 nitrogen and oxygen atoms in total. The molecular formula is C15H12BrFO2. The predicted molar refractivity (Wildman–Crippen MR) is 74.1 cm³/mol. The normalized spacial score (nSPS) is 12.9. The van der Waals surface area contributed by atoms with Gasteiger partial charge in [0.2, 0.25) is 0 Å². The van der Waals surface area contributed by atoms with E-state index in [1.807, 2.05) is 6.07 Å². The lowest BCUT2D eigenvalue weighted by Crippen LogP contribution is -1.97. The molecule has 0 aromatic heterocycles. The molecule has 0 unspecified atom stereocenters. The summed E-state index contributed by atoms with van der Waals surface area (Å²) in [6.07, 6.45) is 0.918. The molecule has 0 atom stereocenters. The lowest BCUT2D eigenvalue weighted by molar-refractivity contribution is 0.304. The topological polar surface area (TPSA) is 18.5 Å². The van der Waals surface area contributed by atoms with E-state index in [9.17, 15) is 4.39 Å². The van der Waals surface area contributed by atoms with Gasteiger partial charge in [0.1, 0.15) is 23.9 Å². The van der Waals surface area contributed by atoms with E-state index in [0.29, 0.717) is 12.4 Å². The molecule has 1 aliphatic heterocycles. The van der Waals surface area contributed by atoms with Crippen LogP contribution in [-0.4, -0.2) is 6.61 Å². The number of benzene rings is 2. The predicted octanol–water partition coefficient (Wildman–Crippen LogP) is 4.10. The summed E-state index contributed by atoms with van der Waals surface area (Å²) in [4.78, 5) is 0. The van der Waals surface area contributed by atoms with Gasteiger partial charge in [0, 0.05) is 12.5 Å². The molecular weight excluding hydrogens is 311 g/mol. The van der Waals surface area contributed by atoms with Crippen molar-refractivity contribution in [1.29, 1.82) is 0 Å². The highest BCUT2D eigenvalue weighted by molar-refractivity contribution is 9.10. The second kappa shape index (κ2) is 5.21. The van der Waals surface area contributed by atoms with E-state index in [1.54, 1.807) is 12.1 Å². The molecule has 0 bridgehead atoms. The van der Waals surface area contributed by atoms with Crippen molar-refractivity contribution < 1.29 is 13.9 Å². The van der Waals surface area contributed by atoms with Crippen molar-refractivity contribution in [1.82, 2.24) is 0 Å². The third-order valence-electron chi connectivity index (χ3n) is 3.00. The minimum Gasteiger partial charge on any atom is -0.492 e. The highest BCUT2D eigenvalue weighted by Gasteiger charge is 2.16. The minimum atomic E-state index is -0.291. The molecule has 0 spiro atoms. The van der Waals surface area contributed by atoms with Crippen LogP contribution in [0.2, 0.25) is 0 Å². The summed E-state index contributed by atoms with van der Waals surface area (Å²) >= 11 is 3.50. The quantitative estimate of drug-likeness (QED) is 0.847. The fourth-order valence-corrected chi connectivity index (χ4v) is 2.79. The maximum atomic E-state index is 13.0. The summed E-state index contributed by atoms with van der Waals surface area (Å²) in [5.41, 5.74) is 2.23. The molecule has 0 N–H and O–H groups in total. The van der Waals surface area contributed by atoms with Gasteiger partial charge >= 0.3 is 0 Å². The Kier molecular flexibility index (Phi) is 3.42. The van der Waals surface area contributed by atoms with Gasteiger partial charge in [0.15, 0.2) is 0 Å². The smallest absolute Gasteiger partial charge is 0.136 e. The Balaban J connectivity index is 1.76. The second-order valence-corrected chi connectivity index (χ2v) is 5.26. The zero-order valence-corrected chi connectivity index (χ0v) is 11.7. The van der Waals surface area contributed by atoms with Crippen molar-refractivity contribution in [2.45, 2.75) is 13.0 Å². The molecule has 2 aromatic carbocycles. The third-order valence-corrected chi connectivity index (χ3v) is 3.59. The van der Waals surface area contributed by atoms with Gasteiger partial charge in [-0.05, 0) is 51.3 Å². The molecule has 0 saturated heterocycles. The zero-order chi connectivity index (χ0) is 13.2. The molecule has 4 heteroatoms. The van der Waals surface area contributed by atoms with E-state index in [1.165, 1.54) is 17.7 Å². The summed E-state index contributed by atoms with van der Waals surface area (Å²) in [5.74, 6) is 1.17. The van der Waals surface area contributed by atoms with Crippen molar-refractivity contribution in [2.75, 3.05) is 6.61 Å². The van der Waals surface area contributed by atoms with Crippen molar-refractivity contribution in [3.05, 3.63) is 57.8 Å². The monoisotopic (exact) mass is 322 g/mol. The molecule has 1 aliphatic rings. The lowest BCUT2D eigenvalue weighted by Gasteiger charge is -2.09. The van der Waals surface area contributed by atoms with Crippen LogP contribution >= 0.6 is 15.9 Å². The van der Waals surface area contributed by atoms with Crippen molar-refractivity contribution in [2.24, 2.45) is 0 Å². The van der Waals surface area contributed by atoms with Crippen LogP contribution in [-0.2, 0) is 13.0 Å². The number of rotatable bonds is 3. The Morgan fingerprint density at radius 1 is 1.26 bits per heavy atom. The third kappa shape index (κ3) is 2.73. The first-order valence-electron chi connectivity index (χ1n) is 6.05. The van der Waals surface area contributed by atoms with Gasteiger partial charge in [0.05, 0.1) is 11.1 Å². The number of fused-ring (bicyclic) bond motifs is 1. The number of hydrogen-bond donors (Lipinski definition) is 0. The Bertz CT molecular complexity index is 613. The van der Waals surface area contributed by atoms with E-state index in [2.05, 4.69) is 22.0 Å².